The molecule has 0 aromatic rings. The number of allylic oxidation sites excluding steroid dienone is 2. The summed E-state index contributed by atoms with van der Waals surface area (Å²) in [6.45, 7) is 2.80. The van der Waals surface area contributed by atoms with Gasteiger partial charge in [-0.15, -0.1) is 0 Å². The summed E-state index contributed by atoms with van der Waals surface area (Å²) in [6, 6.07) is 0. The van der Waals surface area contributed by atoms with Crippen molar-refractivity contribution >= 4 is 11.9 Å². The molecule has 0 aromatic heterocycles. The highest BCUT2D eigenvalue weighted by Crippen LogP contribution is 2.25. The summed E-state index contributed by atoms with van der Waals surface area (Å²) in [7, 11) is 0. The zero-order valence-corrected chi connectivity index (χ0v) is 11.0. The molecule has 0 aliphatic heterocycles. The fourth-order valence-electron chi connectivity index (χ4n) is 2.27. The van der Waals surface area contributed by atoms with Gasteiger partial charge < -0.3 is 10.4 Å². The van der Waals surface area contributed by atoms with Crippen molar-refractivity contribution in [1.29, 1.82) is 0 Å². The van der Waals surface area contributed by atoms with Gasteiger partial charge in [-0.1, -0.05) is 38.3 Å². The fraction of sp³-hybridized carbons (Fsp3) is 0.714. The Kier molecular flexibility index (Phi) is 6.47. The average molecular weight is 253 g/mol. The molecule has 2 N–H and O–H groups in total. The Bertz CT molecular complexity index is 312. The Labute approximate surface area is 108 Å². The van der Waals surface area contributed by atoms with E-state index in [1.807, 2.05) is 12.2 Å². The number of hydrogen-bond acceptors (Lipinski definition) is 2. The molecule has 0 fully saturated rings. The molecule has 4 nitrogen and oxygen atoms in total. The monoisotopic (exact) mass is 253 g/mol. The third-order valence-electron chi connectivity index (χ3n) is 3.42. The van der Waals surface area contributed by atoms with Crippen LogP contribution >= 0.6 is 0 Å². The molecule has 1 aliphatic rings. The smallest absolute Gasteiger partial charge is 0.307 e. The van der Waals surface area contributed by atoms with Crippen molar-refractivity contribution in [2.75, 3.05) is 6.54 Å². The Balaban J connectivity index is 2.35. The molecular weight excluding hydrogens is 230 g/mol. The van der Waals surface area contributed by atoms with E-state index in [0.717, 1.165) is 12.8 Å². The van der Waals surface area contributed by atoms with E-state index in [4.69, 9.17) is 5.11 Å². The molecule has 0 saturated carbocycles. The van der Waals surface area contributed by atoms with Crippen molar-refractivity contribution in [3.63, 3.8) is 0 Å². The third-order valence-corrected chi connectivity index (χ3v) is 3.42. The second-order valence-electron chi connectivity index (χ2n) is 4.85. The molecule has 1 rings (SSSR count). The molecule has 102 valence electrons. The van der Waals surface area contributed by atoms with E-state index in [0.29, 0.717) is 19.4 Å². The van der Waals surface area contributed by atoms with Crippen molar-refractivity contribution in [3.8, 4) is 0 Å². The lowest BCUT2D eigenvalue weighted by atomic mass is 9.82. The number of carboxylic acid groups (broad SMARTS) is 1. The van der Waals surface area contributed by atoms with Gasteiger partial charge in [0.2, 0.25) is 5.91 Å². The molecule has 0 saturated heterocycles. The number of nitrogens with one attached hydrogen (secondary N) is 1. The lowest BCUT2D eigenvalue weighted by molar-refractivity contribution is -0.147. The summed E-state index contributed by atoms with van der Waals surface area (Å²) in [5.41, 5.74) is 0. The van der Waals surface area contributed by atoms with Gasteiger partial charge >= 0.3 is 5.97 Å². The number of hydrogen-bond donors (Lipinski definition) is 2. The van der Waals surface area contributed by atoms with E-state index in [1.165, 1.54) is 12.8 Å². The first-order valence-electron chi connectivity index (χ1n) is 6.82. The highest BCUT2D eigenvalue weighted by Gasteiger charge is 2.33. The molecule has 0 spiro atoms. The van der Waals surface area contributed by atoms with E-state index >= 15 is 0 Å². The zero-order valence-electron chi connectivity index (χ0n) is 11.0. The van der Waals surface area contributed by atoms with Crippen molar-refractivity contribution in [2.45, 2.75) is 45.4 Å². The van der Waals surface area contributed by atoms with Crippen LogP contribution in [0.4, 0.5) is 0 Å². The predicted octanol–water partition coefficient (Wildman–Crippen LogP) is 2.35. The number of carboxylic acids is 1. The zero-order chi connectivity index (χ0) is 13.4. The fourth-order valence-corrected chi connectivity index (χ4v) is 2.27. The van der Waals surface area contributed by atoms with E-state index in [2.05, 4.69) is 12.2 Å². The van der Waals surface area contributed by atoms with Gasteiger partial charge in [0.1, 0.15) is 0 Å². The average Bonchev–Trinajstić information content (AvgIpc) is 2.38. The van der Waals surface area contributed by atoms with Gasteiger partial charge in [0.15, 0.2) is 0 Å². The van der Waals surface area contributed by atoms with Gasteiger partial charge in [-0.2, -0.15) is 0 Å². The van der Waals surface area contributed by atoms with Crippen LogP contribution in [0.5, 0.6) is 0 Å². The summed E-state index contributed by atoms with van der Waals surface area (Å²) >= 11 is 0. The normalized spacial score (nSPS) is 22.7. The summed E-state index contributed by atoms with van der Waals surface area (Å²) in [4.78, 5) is 23.0. The minimum absolute atomic E-state index is 0.108. The molecule has 4 heteroatoms. The van der Waals surface area contributed by atoms with E-state index in [-0.39, 0.29) is 5.91 Å². The number of carbonyl (C=O) groups is 2. The summed E-state index contributed by atoms with van der Waals surface area (Å²) in [5, 5.41) is 11.9. The van der Waals surface area contributed by atoms with Crippen LogP contribution in [0.25, 0.3) is 0 Å². The van der Waals surface area contributed by atoms with Crippen molar-refractivity contribution < 1.29 is 14.7 Å². The minimum atomic E-state index is -0.870. The first-order chi connectivity index (χ1) is 8.66. The number of rotatable bonds is 7. The van der Waals surface area contributed by atoms with Gasteiger partial charge in [0.05, 0.1) is 11.8 Å². The number of unbranched alkanes of at least 4 members (excludes halogenated alkanes) is 3. The molecule has 0 aromatic carbocycles. The first kappa shape index (κ1) is 14.7. The SMILES string of the molecule is CCCCCCNC(=O)[C@H]1CC=CC[C@@H]1C(=O)O. The maximum atomic E-state index is 11.9. The highest BCUT2D eigenvalue weighted by atomic mass is 16.4. The topological polar surface area (TPSA) is 66.4 Å². The lowest BCUT2D eigenvalue weighted by Crippen LogP contribution is -2.39. The highest BCUT2D eigenvalue weighted by molar-refractivity contribution is 5.85. The van der Waals surface area contributed by atoms with Crippen molar-refractivity contribution in [2.24, 2.45) is 11.8 Å². The standard InChI is InChI=1S/C14H23NO3/c1-2-3-4-7-10-15-13(16)11-8-5-6-9-12(11)14(17)18/h5-6,11-12H,2-4,7-10H2,1H3,(H,15,16)(H,17,18)/t11-,12-/m0/s1. The Morgan fingerprint density at radius 3 is 2.44 bits per heavy atom. The molecule has 2 atom stereocenters. The van der Waals surface area contributed by atoms with Crippen molar-refractivity contribution in [1.82, 2.24) is 5.32 Å². The Morgan fingerprint density at radius 2 is 1.83 bits per heavy atom. The molecule has 0 heterocycles. The predicted molar refractivity (Wildman–Crippen MR) is 70.1 cm³/mol. The van der Waals surface area contributed by atoms with E-state index in [1.54, 1.807) is 0 Å². The van der Waals surface area contributed by atoms with Gasteiger partial charge in [-0.3, -0.25) is 9.59 Å². The van der Waals surface area contributed by atoms with Crippen LogP contribution < -0.4 is 5.32 Å². The largest absolute Gasteiger partial charge is 0.481 e. The minimum Gasteiger partial charge on any atom is -0.481 e. The quantitative estimate of drug-likeness (QED) is 0.540. The molecule has 0 bridgehead atoms. The molecule has 0 unspecified atom stereocenters. The summed E-state index contributed by atoms with van der Waals surface area (Å²) in [6.07, 6.45) is 9.19. The second-order valence-corrected chi connectivity index (χ2v) is 4.85. The third kappa shape index (κ3) is 4.51. The summed E-state index contributed by atoms with van der Waals surface area (Å²) < 4.78 is 0. The van der Waals surface area contributed by atoms with Crippen LogP contribution in [-0.4, -0.2) is 23.5 Å². The Hall–Kier alpha value is -1.32. The van der Waals surface area contributed by atoms with Gasteiger partial charge in [-0.05, 0) is 19.3 Å². The van der Waals surface area contributed by atoms with Crippen LogP contribution in [0.3, 0.4) is 0 Å². The lowest BCUT2D eigenvalue weighted by Gasteiger charge is -2.24. The van der Waals surface area contributed by atoms with Crippen LogP contribution in [0.2, 0.25) is 0 Å². The van der Waals surface area contributed by atoms with Gasteiger partial charge in [0.25, 0.3) is 0 Å². The van der Waals surface area contributed by atoms with Gasteiger partial charge in [-0.25, -0.2) is 0 Å². The molecule has 0 radical (unpaired) electrons. The van der Waals surface area contributed by atoms with Crippen LogP contribution in [0.15, 0.2) is 12.2 Å². The molecular formula is C14H23NO3. The molecule has 18 heavy (non-hydrogen) atoms. The second kappa shape index (κ2) is 7.90. The van der Waals surface area contributed by atoms with Crippen LogP contribution in [0.1, 0.15) is 45.4 Å². The Morgan fingerprint density at radius 1 is 1.17 bits per heavy atom. The number of carbonyl (C=O) groups excluding carboxylic acids is 1. The molecule has 1 amide bonds. The number of amides is 1. The van der Waals surface area contributed by atoms with Crippen molar-refractivity contribution in [3.05, 3.63) is 12.2 Å². The maximum Gasteiger partial charge on any atom is 0.307 e. The van der Waals surface area contributed by atoms with Crippen LogP contribution in [-0.2, 0) is 9.59 Å². The van der Waals surface area contributed by atoms with E-state index in [9.17, 15) is 9.59 Å². The van der Waals surface area contributed by atoms with Gasteiger partial charge in [0, 0.05) is 6.54 Å². The maximum absolute atomic E-state index is 11.9. The molecule has 1 aliphatic carbocycles. The van der Waals surface area contributed by atoms with Crippen LogP contribution in [0, 0.1) is 11.8 Å². The first-order valence-corrected chi connectivity index (χ1v) is 6.82. The number of aliphatic carboxylic acids is 1. The van der Waals surface area contributed by atoms with E-state index < -0.39 is 17.8 Å². The summed E-state index contributed by atoms with van der Waals surface area (Å²) in [5.74, 6) is -1.95.